The second kappa shape index (κ2) is 10.9. The Morgan fingerprint density at radius 1 is 0.943 bits per heavy atom. The number of hydrogen-bond donors (Lipinski definition) is 0. The van der Waals surface area contributed by atoms with Crippen LogP contribution in [-0.4, -0.2) is 56.0 Å². The third-order valence-electron chi connectivity index (χ3n) is 7.37. The molecule has 2 atom stereocenters. The number of nitrogens with zero attached hydrogens (tertiary/aromatic N) is 2. The molecule has 0 radical (unpaired) electrons. The zero-order chi connectivity index (χ0) is 24.0. The molecular weight excluding hydrogens is 436 g/mol. The fourth-order valence-corrected chi connectivity index (χ4v) is 5.66. The molecule has 0 N–H and O–H groups in total. The van der Waals surface area contributed by atoms with Crippen LogP contribution < -0.4 is 4.74 Å². The van der Waals surface area contributed by atoms with Crippen LogP contribution in [0, 0.1) is 5.92 Å². The molecular formula is C30H32N2O3. The highest BCUT2D eigenvalue weighted by Crippen LogP contribution is 2.43. The molecule has 2 unspecified atom stereocenters. The van der Waals surface area contributed by atoms with Gasteiger partial charge in [0, 0.05) is 23.7 Å². The van der Waals surface area contributed by atoms with Gasteiger partial charge >= 0.3 is 5.97 Å². The van der Waals surface area contributed by atoms with Crippen molar-refractivity contribution in [2.75, 3.05) is 26.8 Å². The lowest BCUT2D eigenvalue weighted by Gasteiger charge is -2.52. The van der Waals surface area contributed by atoms with E-state index in [0.29, 0.717) is 11.7 Å². The second-order valence-corrected chi connectivity index (χ2v) is 9.33. The summed E-state index contributed by atoms with van der Waals surface area (Å²) in [5.74, 6) is 1.04. The maximum Gasteiger partial charge on any atom is 0.343 e. The lowest BCUT2D eigenvalue weighted by atomic mass is 9.71. The van der Waals surface area contributed by atoms with E-state index in [1.807, 2.05) is 30.5 Å². The van der Waals surface area contributed by atoms with Gasteiger partial charge in [0.1, 0.15) is 5.75 Å². The van der Waals surface area contributed by atoms with Crippen molar-refractivity contribution in [2.45, 2.75) is 30.8 Å². The largest absolute Gasteiger partial charge is 0.481 e. The van der Waals surface area contributed by atoms with Crippen molar-refractivity contribution in [1.29, 1.82) is 0 Å². The van der Waals surface area contributed by atoms with Gasteiger partial charge in [-0.1, -0.05) is 72.8 Å². The SMILES string of the molecule is COC(=O)COc1ccccc1C=NC1C2CCN(CC2)C1C(c1ccccc1)c1ccccc1. The standard InChI is InChI=1S/C30H32N2O3/c1-34-27(33)21-35-26-15-9-8-14-25(26)20-31-29-24-16-18-32(19-17-24)30(29)28(22-10-4-2-5-11-22)23-12-6-3-7-13-23/h2-15,20,24,28-30H,16-19,21H2,1H3. The lowest BCUT2D eigenvalue weighted by molar-refractivity contribution is -0.142. The molecule has 3 aliphatic rings. The maximum atomic E-state index is 11.6. The van der Waals surface area contributed by atoms with Gasteiger partial charge in [0.15, 0.2) is 6.61 Å². The van der Waals surface area contributed by atoms with Crippen LogP contribution >= 0.6 is 0 Å². The van der Waals surface area contributed by atoms with Crippen molar-refractivity contribution in [3.05, 3.63) is 102 Å². The Balaban J connectivity index is 1.49. The molecule has 5 heteroatoms. The molecule has 6 rings (SSSR count). The summed E-state index contributed by atoms with van der Waals surface area (Å²) in [4.78, 5) is 19.5. The van der Waals surface area contributed by atoms with Gasteiger partial charge in [0.2, 0.25) is 0 Å². The first kappa shape index (κ1) is 23.3. The fourth-order valence-electron chi connectivity index (χ4n) is 5.66. The Hall–Kier alpha value is -3.44. The molecule has 3 aliphatic heterocycles. The van der Waals surface area contributed by atoms with Gasteiger partial charge < -0.3 is 9.47 Å². The third-order valence-corrected chi connectivity index (χ3v) is 7.37. The first-order chi connectivity index (χ1) is 17.2. The van der Waals surface area contributed by atoms with Gasteiger partial charge in [-0.15, -0.1) is 0 Å². The van der Waals surface area contributed by atoms with E-state index < -0.39 is 5.97 Å². The summed E-state index contributed by atoms with van der Waals surface area (Å²) in [5.41, 5.74) is 3.54. The average Bonchev–Trinajstić information content (AvgIpc) is 2.93. The fraction of sp³-hybridized carbons (Fsp3) is 0.333. The number of benzene rings is 3. The predicted octanol–water partition coefficient (Wildman–Crippen LogP) is 4.95. The van der Waals surface area contributed by atoms with Crippen molar-refractivity contribution in [2.24, 2.45) is 10.9 Å². The van der Waals surface area contributed by atoms with Crippen LogP contribution in [0.25, 0.3) is 0 Å². The number of rotatable bonds is 8. The molecule has 3 aromatic rings. The minimum absolute atomic E-state index is 0.117. The van der Waals surface area contributed by atoms with Gasteiger partial charge in [-0.3, -0.25) is 9.89 Å². The molecule has 2 bridgehead atoms. The molecule has 0 amide bonds. The Morgan fingerprint density at radius 3 is 2.17 bits per heavy atom. The molecule has 3 saturated heterocycles. The highest BCUT2D eigenvalue weighted by atomic mass is 16.6. The molecule has 0 saturated carbocycles. The summed E-state index contributed by atoms with van der Waals surface area (Å²) in [6, 6.07) is 29.9. The van der Waals surface area contributed by atoms with Crippen LogP contribution in [0.3, 0.4) is 0 Å². The average molecular weight is 469 g/mol. The van der Waals surface area contributed by atoms with E-state index in [1.54, 1.807) is 0 Å². The van der Waals surface area contributed by atoms with E-state index in [9.17, 15) is 4.79 Å². The van der Waals surface area contributed by atoms with Crippen LogP contribution in [0.1, 0.15) is 35.4 Å². The first-order valence-electron chi connectivity index (χ1n) is 12.4. The molecule has 3 fully saturated rings. The number of fused-ring (bicyclic) bond motifs is 3. The van der Waals surface area contributed by atoms with E-state index in [0.717, 1.165) is 18.7 Å². The lowest BCUT2D eigenvalue weighted by Crippen LogP contribution is -2.59. The summed E-state index contributed by atoms with van der Waals surface area (Å²) in [6.07, 6.45) is 4.30. The van der Waals surface area contributed by atoms with Crippen molar-refractivity contribution in [3.8, 4) is 5.75 Å². The Labute approximate surface area is 207 Å². The van der Waals surface area contributed by atoms with E-state index in [4.69, 9.17) is 14.5 Å². The van der Waals surface area contributed by atoms with E-state index >= 15 is 0 Å². The summed E-state index contributed by atoms with van der Waals surface area (Å²) in [6.45, 7) is 2.13. The van der Waals surface area contributed by atoms with Crippen LogP contribution in [0.5, 0.6) is 5.75 Å². The summed E-state index contributed by atoms with van der Waals surface area (Å²) < 4.78 is 10.5. The number of carbonyl (C=O) groups excluding carboxylic acids is 1. The van der Waals surface area contributed by atoms with Gasteiger partial charge in [-0.2, -0.15) is 0 Å². The number of para-hydroxylation sites is 1. The van der Waals surface area contributed by atoms with Crippen LogP contribution in [0.2, 0.25) is 0 Å². The molecule has 0 aromatic heterocycles. The molecule has 35 heavy (non-hydrogen) atoms. The number of ether oxygens (including phenoxy) is 2. The highest BCUT2D eigenvalue weighted by Gasteiger charge is 2.46. The topological polar surface area (TPSA) is 51.1 Å². The molecule has 5 nitrogen and oxygen atoms in total. The van der Waals surface area contributed by atoms with Crippen molar-refractivity contribution < 1.29 is 14.3 Å². The molecule has 3 aromatic carbocycles. The van der Waals surface area contributed by atoms with E-state index in [2.05, 4.69) is 65.6 Å². The quantitative estimate of drug-likeness (QED) is 0.347. The van der Waals surface area contributed by atoms with Gasteiger partial charge in [-0.25, -0.2) is 4.79 Å². The van der Waals surface area contributed by atoms with Crippen molar-refractivity contribution in [1.82, 2.24) is 4.90 Å². The molecule has 3 heterocycles. The third kappa shape index (κ3) is 5.15. The number of piperidine rings is 3. The number of esters is 1. The monoisotopic (exact) mass is 468 g/mol. The normalized spacial score (nSPS) is 23.5. The smallest absolute Gasteiger partial charge is 0.343 e. The Kier molecular flexibility index (Phi) is 7.24. The Bertz CT molecular complexity index is 1100. The predicted molar refractivity (Wildman–Crippen MR) is 138 cm³/mol. The van der Waals surface area contributed by atoms with Crippen LogP contribution in [0.15, 0.2) is 89.9 Å². The maximum absolute atomic E-state index is 11.6. The summed E-state index contributed by atoms with van der Waals surface area (Å²) in [5, 5.41) is 0. The van der Waals surface area contributed by atoms with Crippen LogP contribution in [-0.2, 0) is 9.53 Å². The molecule has 0 spiro atoms. The van der Waals surface area contributed by atoms with Gasteiger partial charge in [-0.05, 0) is 55.1 Å². The van der Waals surface area contributed by atoms with Crippen LogP contribution in [0.4, 0.5) is 0 Å². The van der Waals surface area contributed by atoms with Crippen molar-refractivity contribution >= 4 is 12.2 Å². The zero-order valence-electron chi connectivity index (χ0n) is 20.1. The minimum atomic E-state index is -0.400. The number of hydrogen-bond acceptors (Lipinski definition) is 5. The van der Waals surface area contributed by atoms with E-state index in [-0.39, 0.29) is 24.6 Å². The second-order valence-electron chi connectivity index (χ2n) is 9.33. The highest BCUT2D eigenvalue weighted by molar-refractivity contribution is 5.84. The van der Waals surface area contributed by atoms with Gasteiger partial charge in [0.25, 0.3) is 0 Å². The van der Waals surface area contributed by atoms with Gasteiger partial charge in [0.05, 0.1) is 13.2 Å². The molecule has 0 aliphatic carbocycles. The number of carbonyl (C=O) groups is 1. The minimum Gasteiger partial charge on any atom is -0.481 e. The summed E-state index contributed by atoms with van der Waals surface area (Å²) in [7, 11) is 1.36. The Morgan fingerprint density at radius 2 is 1.54 bits per heavy atom. The molecule has 180 valence electrons. The number of methoxy groups -OCH3 is 1. The zero-order valence-corrected chi connectivity index (χ0v) is 20.1. The van der Waals surface area contributed by atoms with E-state index in [1.165, 1.54) is 31.1 Å². The first-order valence-corrected chi connectivity index (χ1v) is 12.4. The van der Waals surface area contributed by atoms with Crippen molar-refractivity contribution in [3.63, 3.8) is 0 Å². The summed E-state index contributed by atoms with van der Waals surface area (Å²) >= 11 is 0. The number of aliphatic imine (C=N–C) groups is 1.